The third kappa shape index (κ3) is 4.47. The second kappa shape index (κ2) is 6.75. The molecule has 1 heterocycles. The van der Waals surface area contributed by atoms with E-state index in [2.05, 4.69) is 23.3 Å². The van der Waals surface area contributed by atoms with Crippen molar-refractivity contribution in [2.24, 2.45) is 5.92 Å². The van der Waals surface area contributed by atoms with Crippen molar-refractivity contribution in [2.75, 3.05) is 6.54 Å². The minimum Gasteiger partial charge on any atom is -0.313 e. The average Bonchev–Trinajstić information content (AvgIpc) is 2.36. The van der Waals surface area contributed by atoms with Gasteiger partial charge in [-0.25, -0.2) is 0 Å². The first-order chi connectivity index (χ1) is 8.34. The van der Waals surface area contributed by atoms with Crippen LogP contribution in [0.4, 0.5) is 0 Å². The molecule has 0 radical (unpaired) electrons. The highest BCUT2D eigenvalue weighted by Gasteiger charge is 2.12. The highest BCUT2D eigenvalue weighted by Crippen LogP contribution is 2.25. The first-order valence-corrected chi connectivity index (χ1v) is 6.96. The van der Waals surface area contributed by atoms with Crippen LogP contribution in [-0.2, 0) is 6.54 Å². The van der Waals surface area contributed by atoms with E-state index in [4.69, 9.17) is 0 Å². The fraction of sp³-hybridized carbons (Fsp3) is 0.667. The molecule has 1 aromatic rings. The maximum Gasteiger partial charge on any atom is 0.0313 e. The van der Waals surface area contributed by atoms with Crippen LogP contribution in [0.25, 0.3) is 0 Å². The number of hydrogen-bond acceptors (Lipinski definition) is 2. The van der Waals surface area contributed by atoms with Gasteiger partial charge in [0, 0.05) is 18.9 Å². The van der Waals surface area contributed by atoms with Crippen molar-refractivity contribution in [2.45, 2.75) is 52.0 Å². The normalized spacial score (nSPS) is 17.2. The summed E-state index contributed by atoms with van der Waals surface area (Å²) >= 11 is 0. The molecule has 2 rings (SSSR count). The monoisotopic (exact) mass is 232 g/mol. The topological polar surface area (TPSA) is 24.9 Å². The molecule has 1 aliphatic carbocycles. The van der Waals surface area contributed by atoms with Gasteiger partial charge < -0.3 is 5.32 Å². The molecule has 1 fully saturated rings. The molecule has 0 spiro atoms. The Kier molecular flexibility index (Phi) is 4.99. The lowest BCUT2D eigenvalue weighted by molar-refractivity contribution is 0.334. The molecule has 1 saturated carbocycles. The van der Waals surface area contributed by atoms with Crippen molar-refractivity contribution in [1.29, 1.82) is 0 Å². The molecule has 0 amide bonds. The smallest absolute Gasteiger partial charge is 0.0313 e. The molecule has 1 aromatic heterocycles. The minimum absolute atomic E-state index is 0.960. The number of aromatic nitrogens is 1. The molecule has 1 N–H and O–H groups in total. The van der Waals surface area contributed by atoms with E-state index in [0.29, 0.717) is 0 Å². The fourth-order valence-corrected chi connectivity index (χ4v) is 2.73. The van der Waals surface area contributed by atoms with Crippen LogP contribution in [0.5, 0.6) is 0 Å². The highest BCUT2D eigenvalue weighted by molar-refractivity contribution is 5.16. The van der Waals surface area contributed by atoms with Crippen LogP contribution in [-0.4, -0.2) is 11.5 Å². The van der Waals surface area contributed by atoms with Crippen LogP contribution in [0, 0.1) is 12.8 Å². The Labute approximate surface area is 105 Å². The molecule has 94 valence electrons. The van der Waals surface area contributed by atoms with Gasteiger partial charge in [-0.1, -0.05) is 38.2 Å². The summed E-state index contributed by atoms with van der Waals surface area (Å²) in [5, 5.41) is 3.54. The molecule has 0 aromatic carbocycles. The van der Waals surface area contributed by atoms with Gasteiger partial charge in [-0.15, -0.1) is 0 Å². The SMILES string of the molecule is Cc1cncc(CNCCC2CCCCC2)c1. The maximum atomic E-state index is 4.21. The van der Waals surface area contributed by atoms with E-state index in [0.717, 1.165) is 19.0 Å². The molecule has 1 aliphatic rings. The van der Waals surface area contributed by atoms with E-state index < -0.39 is 0 Å². The van der Waals surface area contributed by atoms with E-state index >= 15 is 0 Å². The van der Waals surface area contributed by atoms with Gasteiger partial charge in [0.25, 0.3) is 0 Å². The molecule has 0 unspecified atom stereocenters. The molecule has 0 bridgehead atoms. The second-order valence-corrected chi connectivity index (χ2v) is 5.34. The van der Waals surface area contributed by atoms with E-state index in [1.807, 2.05) is 12.4 Å². The Balaban J connectivity index is 1.62. The van der Waals surface area contributed by atoms with E-state index in [1.54, 1.807) is 0 Å². The lowest BCUT2D eigenvalue weighted by atomic mass is 9.87. The molecular weight excluding hydrogens is 208 g/mol. The van der Waals surface area contributed by atoms with Gasteiger partial charge in [0.15, 0.2) is 0 Å². The molecule has 2 nitrogen and oxygen atoms in total. The van der Waals surface area contributed by atoms with Crippen LogP contribution in [0.15, 0.2) is 18.5 Å². The quantitative estimate of drug-likeness (QED) is 0.787. The highest BCUT2D eigenvalue weighted by atomic mass is 14.8. The molecule has 0 saturated heterocycles. The van der Waals surface area contributed by atoms with Gasteiger partial charge in [-0.3, -0.25) is 4.98 Å². The fourth-order valence-electron chi connectivity index (χ4n) is 2.73. The number of aryl methyl sites for hydroxylation is 1. The largest absolute Gasteiger partial charge is 0.313 e. The first kappa shape index (κ1) is 12.6. The maximum absolute atomic E-state index is 4.21. The van der Waals surface area contributed by atoms with Crippen LogP contribution < -0.4 is 5.32 Å². The number of rotatable bonds is 5. The predicted octanol–water partition coefficient (Wildman–Crippen LogP) is 3.45. The van der Waals surface area contributed by atoms with Gasteiger partial charge in [0.1, 0.15) is 0 Å². The van der Waals surface area contributed by atoms with Crippen molar-refractivity contribution in [3.63, 3.8) is 0 Å². The number of pyridine rings is 1. The van der Waals surface area contributed by atoms with Crippen molar-refractivity contribution in [3.05, 3.63) is 29.6 Å². The Morgan fingerprint density at radius 3 is 2.82 bits per heavy atom. The summed E-state index contributed by atoms with van der Waals surface area (Å²) in [4.78, 5) is 4.21. The summed E-state index contributed by atoms with van der Waals surface area (Å²) < 4.78 is 0. The number of hydrogen-bond donors (Lipinski definition) is 1. The van der Waals surface area contributed by atoms with E-state index in [9.17, 15) is 0 Å². The Hall–Kier alpha value is -0.890. The van der Waals surface area contributed by atoms with Crippen molar-refractivity contribution in [3.8, 4) is 0 Å². The molecule has 0 atom stereocenters. The van der Waals surface area contributed by atoms with Crippen LogP contribution in [0.3, 0.4) is 0 Å². The zero-order valence-corrected chi connectivity index (χ0v) is 10.9. The summed E-state index contributed by atoms with van der Waals surface area (Å²) in [5.74, 6) is 0.979. The molecule has 0 aliphatic heterocycles. The third-order valence-electron chi connectivity index (χ3n) is 3.71. The summed E-state index contributed by atoms with van der Waals surface area (Å²) in [6.45, 7) is 4.21. The van der Waals surface area contributed by atoms with Gasteiger partial charge in [0.2, 0.25) is 0 Å². The number of nitrogens with one attached hydrogen (secondary N) is 1. The van der Waals surface area contributed by atoms with Gasteiger partial charge in [-0.2, -0.15) is 0 Å². The lowest BCUT2D eigenvalue weighted by Crippen LogP contribution is -2.19. The van der Waals surface area contributed by atoms with Gasteiger partial charge in [0.05, 0.1) is 0 Å². The van der Waals surface area contributed by atoms with Crippen molar-refractivity contribution in [1.82, 2.24) is 10.3 Å². The Bertz CT molecular complexity index is 329. The van der Waals surface area contributed by atoms with Crippen LogP contribution in [0.2, 0.25) is 0 Å². The van der Waals surface area contributed by atoms with Gasteiger partial charge >= 0.3 is 0 Å². The minimum atomic E-state index is 0.960. The molecular formula is C15H24N2. The zero-order chi connectivity index (χ0) is 11.9. The lowest BCUT2D eigenvalue weighted by Gasteiger charge is -2.21. The zero-order valence-electron chi connectivity index (χ0n) is 10.9. The van der Waals surface area contributed by atoms with Crippen LogP contribution in [0.1, 0.15) is 49.7 Å². The third-order valence-corrected chi connectivity index (χ3v) is 3.71. The van der Waals surface area contributed by atoms with Gasteiger partial charge in [-0.05, 0) is 36.9 Å². The van der Waals surface area contributed by atoms with E-state index in [1.165, 1.54) is 49.7 Å². The summed E-state index contributed by atoms with van der Waals surface area (Å²) in [7, 11) is 0. The van der Waals surface area contributed by atoms with Crippen LogP contribution >= 0.6 is 0 Å². The second-order valence-electron chi connectivity index (χ2n) is 5.34. The van der Waals surface area contributed by atoms with Crippen molar-refractivity contribution >= 4 is 0 Å². The Morgan fingerprint density at radius 1 is 1.24 bits per heavy atom. The standard InChI is InChI=1S/C15H24N2/c1-13-9-15(12-17-10-13)11-16-8-7-14-5-3-2-4-6-14/h9-10,12,14,16H,2-8,11H2,1H3. The summed E-state index contributed by atoms with van der Waals surface area (Å²) in [5.41, 5.74) is 2.55. The average molecular weight is 232 g/mol. The predicted molar refractivity (Wildman–Crippen MR) is 71.9 cm³/mol. The molecule has 17 heavy (non-hydrogen) atoms. The first-order valence-electron chi connectivity index (χ1n) is 6.96. The summed E-state index contributed by atoms with van der Waals surface area (Å²) in [6, 6.07) is 2.21. The summed E-state index contributed by atoms with van der Waals surface area (Å²) in [6.07, 6.45) is 12.5. The number of nitrogens with zero attached hydrogens (tertiary/aromatic N) is 1. The Morgan fingerprint density at radius 2 is 2.06 bits per heavy atom. The van der Waals surface area contributed by atoms with E-state index in [-0.39, 0.29) is 0 Å². The molecule has 2 heteroatoms. The van der Waals surface area contributed by atoms with Crippen molar-refractivity contribution < 1.29 is 0 Å².